The molecule has 6 heteroatoms. The Labute approximate surface area is 125 Å². The summed E-state index contributed by atoms with van der Waals surface area (Å²) in [4.78, 5) is 8.31. The first-order valence-electron chi connectivity index (χ1n) is 5.96. The van der Waals surface area contributed by atoms with Crippen molar-refractivity contribution in [3.05, 3.63) is 45.7 Å². The Hall–Kier alpha value is -1.66. The normalized spacial score (nSPS) is 12.1. The zero-order chi connectivity index (χ0) is 14.7. The predicted molar refractivity (Wildman–Crippen MR) is 78.1 cm³/mol. The van der Waals surface area contributed by atoms with Crippen molar-refractivity contribution in [2.45, 2.75) is 13.0 Å². The highest BCUT2D eigenvalue weighted by atomic mass is 79.9. The highest BCUT2D eigenvalue weighted by Crippen LogP contribution is 2.33. The van der Waals surface area contributed by atoms with Crippen molar-refractivity contribution < 1.29 is 14.6 Å². The fourth-order valence-electron chi connectivity index (χ4n) is 1.83. The number of aliphatic hydroxyl groups is 1. The van der Waals surface area contributed by atoms with Crippen LogP contribution in [0.1, 0.15) is 22.9 Å². The minimum atomic E-state index is -0.933. The lowest BCUT2D eigenvalue weighted by molar-refractivity contribution is 0.206. The van der Waals surface area contributed by atoms with Crippen LogP contribution in [0.25, 0.3) is 0 Å². The van der Waals surface area contributed by atoms with Gasteiger partial charge in [0.25, 0.3) is 0 Å². The molecular formula is C14H15BrN2O3. The Morgan fingerprint density at radius 3 is 2.65 bits per heavy atom. The Balaban J connectivity index is 2.47. The Morgan fingerprint density at radius 1 is 1.25 bits per heavy atom. The number of nitrogens with zero attached hydrogens (tertiary/aromatic N) is 2. The zero-order valence-corrected chi connectivity index (χ0v) is 13.0. The molecule has 0 saturated heterocycles. The van der Waals surface area contributed by atoms with E-state index >= 15 is 0 Å². The van der Waals surface area contributed by atoms with Gasteiger partial charge < -0.3 is 14.6 Å². The minimum absolute atomic E-state index is 0.241. The second-order valence-electron chi connectivity index (χ2n) is 4.19. The van der Waals surface area contributed by atoms with Crippen molar-refractivity contribution >= 4 is 15.9 Å². The van der Waals surface area contributed by atoms with Gasteiger partial charge in [-0.2, -0.15) is 4.98 Å². The fourth-order valence-corrected chi connectivity index (χ4v) is 2.31. The van der Waals surface area contributed by atoms with Crippen LogP contribution in [0.5, 0.6) is 11.8 Å². The summed E-state index contributed by atoms with van der Waals surface area (Å²) in [5.41, 5.74) is 2.09. The number of halogens is 1. The van der Waals surface area contributed by atoms with E-state index in [1.165, 1.54) is 20.4 Å². The molecule has 1 aromatic carbocycles. The Bertz CT molecular complexity index is 619. The molecule has 1 N–H and O–H groups in total. The molecule has 1 heterocycles. The summed E-state index contributed by atoms with van der Waals surface area (Å²) in [7, 11) is 2.97. The first-order chi connectivity index (χ1) is 9.58. The van der Waals surface area contributed by atoms with E-state index in [1.807, 2.05) is 25.1 Å². The van der Waals surface area contributed by atoms with Crippen molar-refractivity contribution in [2.75, 3.05) is 14.2 Å². The lowest BCUT2D eigenvalue weighted by Crippen LogP contribution is -2.08. The summed E-state index contributed by atoms with van der Waals surface area (Å²) < 4.78 is 11.0. The van der Waals surface area contributed by atoms with E-state index in [2.05, 4.69) is 25.9 Å². The van der Waals surface area contributed by atoms with Crippen LogP contribution in [0.4, 0.5) is 0 Å². The van der Waals surface area contributed by atoms with E-state index in [9.17, 15) is 5.11 Å². The average molecular weight is 339 g/mol. The summed E-state index contributed by atoms with van der Waals surface area (Å²) >= 11 is 3.48. The van der Waals surface area contributed by atoms with Crippen molar-refractivity contribution in [1.82, 2.24) is 9.97 Å². The van der Waals surface area contributed by atoms with Gasteiger partial charge in [-0.3, -0.25) is 0 Å². The average Bonchev–Trinajstić information content (AvgIpc) is 2.48. The topological polar surface area (TPSA) is 64.5 Å². The van der Waals surface area contributed by atoms with Gasteiger partial charge in [-0.1, -0.05) is 34.1 Å². The van der Waals surface area contributed by atoms with Gasteiger partial charge in [0.2, 0.25) is 11.8 Å². The van der Waals surface area contributed by atoms with Crippen LogP contribution in [-0.4, -0.2) is 29.3 Å². The molecule has 1 atom stereocenters. The van der Waals surface area contributed by atoms with Crippen LogP contribution >= 0.6 is 15.9 Å². The van der Waals surface area contributed by atoms with Gasteiger partial charge in [0.15, 0.2) is 0 Å². The maximum absolute atomic E-state index is 10.5. The smallest absolute Gasteiger partial charge is 0.241 e. The highest BCUT2D eigenvalue weighted by Gasteiger charge is 2.21. The van der Waals surface area contributed by atoms with Gasteiger partial charge in [0.1, 0.15) is 11.8 Å². The molecule has 0 aliphatic rings. The summed E-state index contributed by atoms with van der Waals surface area (Å²) in [5, 5.41) is 10.5. The Morgan fingerprint density at radius 2 is 2.00 bits per heavy atom. The van der Waals surface area contributed by atoms with Crippen LogP contribution in [0.2, 0.25) is 0 Å². The van der Waals surface area contributed by atoms with Crippen LogP contribution in [0.15, 0.2) is 28.9 Å². The van der Waals surface area contributed by atoms with Gasteiger partial charge in [-0.15, -0.1) is 0 Å². The maximum atomic E-state index is 10.5. The SMILES string of the molecule is COc1cnc(C(O)c2cccc(C)c2Br)c(OC)n1. The standard InChI is InChI=1S/C14H15BrN2O3/c1-8-5-4-6-9(11(8)15)13(18)12-14(20-3)17-10(19-2)7-16-12/h4-7,13,18H,1-3H3. The second-order valence-corrected chi connectivity index (χ2v) is 4.98. The van der Waals surface area contributed by atoms with Crippen molar-refractivity contribution in [3.8, 4) is 11.8 Å². The monoisotopic (exact) mass is 338 g/mol. The number of benzene rings is 1. The molecule has 20 heavy (non-hydrogen) atoms. The molecule has 2 rings (SSSR count). The van der Waals surface area contributed by atoms with E-state index in [0.29, 0.717) is 17.1 Å². The number of aromatic nitrogens is 2. The number of methoxy groups -OCH3 is 2. The minimum Gasteiger partial charge on any atom is -0.480 e. The Kier molecular flexibility index (Phi) is 4.57. The molecule has 0 fully saturated rings. The molecule has 0 aliphatic heterocycles. The van der Waals surface area contributed by atoms with Gasteiger partial charge in [0.05, 0.1) is 20.4 Å². The fraction of sp³-hybridized carbons (Fsp3) is 0.286. The zero-order valence-electron chi connectivity index (χ0n) is 11.4. The molecule has 0 radical (unpaired) electrons. The second kappa shape index (κ2) is 6.19. The molecule has 1 aromatic heterocycles. The number of aryl methyl sites for hydroxylation is 1. The number of rotatable bonds is 4. The van der Waals surface area contributed by atoms with Crippen molar-refractivity contribution in [3.63, 3.8) is 0 Å². The van der Waals surface area contributed by atoms with E-state index in [0.717, 1.165) is 10.0 Å². The van der Waals surface area contributed by atoms with Gasteiger partial charge >= 0.3 is 0 Å². The largest absolute Gasteiger partial charge is 0.480 e. The van der Waals surface area contributed by atoms with Crippen LogP contribution in [0, 0.1) is 6.92 Å². The molecule has 0 spiro atoms. The molecule has 5 nitrogen and oxygen atoms in total. The number of ether oxygens (including phenoxy) is 2. The quantitative estimate of drug-likeness (QED) is 0.928. The first kappa shape index (κ1) is 14.7. The van der Waals surface area contributed by atoms with Gasteiger partial charge in [-0.25, -0.2) is 4.98 Å². The molecule has 1 unspecified atom stereocenters. The summed E-state index contributed by atoms with van der Waals surface area (Å²) in [6.07, 6.45) is 0.516. The number of hydrogen-bond donors (Lipinski definition) is 1. The lowest BCUT2D eigenvalue weighted by Gasteiger charge is -2.16. The van der Waals surface area contributed by atoms with E-state index < -0.39 is 6.10 Å². The van der Waals surface area contributed by atoms with Gasteiger partial charge in [0, 0.05) is 10.0 Å². The summed E-state index contributed by atoms with van der Waals surface area (Å²) in [6, 6.07) is 5.66. The third-order valence-electron chi connectivity index (χ3n) is 2.92. The van der Waals surface area contributed by atoms with Crippen LogP contribution in [-0.2, 0) is 0 Å². The molecule has 0 bridgehead atoms. The highest BCUT2D eigenvalue weighted by molar-refractivity contribution is 9.10. The molecule has 0 amide bonds. The summed E-state index contributed by atoms with van der Waals surface area (Å²) in [5.74, 6) is 0.575. The van der Waals surface area contributed by atoms with Crippen molar-refractivity contribution in [2.24, 2.45) is 0 Å². The van der Waals surface area contributed by atoms with E-state index in [-0.39, 0.29) is 5.88 Å². The first-order valence-corrected chi connectivity index (χ1v) is 6.75. The maximum Gasteiger partial charge on any atom is 0.241 e. The third-order valence-corrected chi connectivity index (χ3v) is 4.01. The van der Waals surface area contributed by atoms with Crippen molar-refractivity contribution in [1.29, 1.82) is 0 Å². The van der Waals surface area contributed by atoms with Crippen LogP contribution in [0.3, 0.4) is 0 Å². The van der Waals surface area contributed by atoms with E-state index in [1.54, 1.807) is 0 Å². The molecule has 0 saturated carbocycles. The molecular weight excluding hydrogens is 324 g/mol. The molecule has 0 aliphatic carbocycles. The molecule has 2 aromatic rings. The van der Waals surface area contributed by atoms with Gasteiger partial charge in [-0.05, 0) is 12.5 Å². The van der Waals surface area contributed by atoms with E-state index in [4.69, 9.17) is 9.47 Å². The summed E-state index contributed by atoms with van der Waals surface area (Å²) in [6.45, 7) is 1.96. The number of hydrogen-bond acceptors (Lipinski definition) is 5. The molecule has 106 valence electrons. The third kappa shape index (κ3) is 2.76. The lowest BCUT2D eigenvalue weighted by atomic mass is 10.0. The predicted octanol–water partition coefficient (Wildman–Crippen LogP) is 2.65. The van der Waals surface area contributed by atoms with Crippen LogP contribution < -0.4 is 9.47 Å². The number of aliphatic hydroxyl groups excluding tert-OH is 1.